The highest BCUT2D eigenvalue weighted by atomic mass is 32.2. The number of carbonyl (C=O) groups excluding carboxylic acids is 1. The Balaban J connectivity index is 1.63. The minimum atomic E-state index is -3.60. The molecule has 0 saturated heterocycles. The van der Waals surface area contributed by atoms with Gasteiger partial charge in [0.2, 0.25) is 10.0 Å². The molecular weight excluding hydrogens is 534 g/mol. The smallest absolute Gasteiger partial charge is 0.255 e. The summed E-state index contributed by atoms with van der Waals surface area (Å²) < 4.78 is 33.9. The average molecular weight is 570 g/mol. The second-order valence-electron chi connectivity index (χ2n) is 10.8. The molecule has 214 valence electrons. The number of rotatable bonds is 8. The van der Waals surface area contributed by atoms with Gasteiger partial charge in [0.1, 0.15) is 18.5 Å². The van der Waals surface area contributed by atoms with Crippen molar-refractivity contribution in [3.63, 3.8) is 0 Å². The first-order valence-electron chi connectivity index (χ1n) is 12.6. The first-order chi connectivity index (χ1) is 18.7. The van der Waals surface area contributed by atoms with Crippen molar-refractivity contribution in [3.8, 4) is 5.75 Å². The van der Waals surface area contributed by atoms with Crippen LogP contribution in [0, 0.1) is 6.92 Å². The molecule has 13 heteroatoms. The van der Waals surface area contributed by atoms with E-state index in [4.69, 9.17) is 4.74 Å². The highest BCUT2D eigenvalue weighted by molar-refractivity contribution is 7.92. The fourth-order valence-electron chi connectivity index (χ4n) is 4.45. The van der Waals surface area contributed by atoms with Gasteiger partial charge in [0.25, 0.3) is 5.91 Å². The number of aliphatic hydroxyl groups excluding tert-OH is 1. The van der Waals surface area contributed by atoms with E-state index < -0.39 is 15.9 Å². The van der Waals surface area contributed by atoms with E-state index in [1.54, 1.807) is 40.0 Å². The third kappa shape index (κ3) is 6.10. The summed E-state index contributed by atoms with van der Waals surface area (Å²) in [4.78, 5) is 17.7. The molecule has 2 heterocycles. The average Bonchev–Trinajstić information content (AvgIpc) is 3.49. The van der Waals surface area contributed by atoms with Gasteiger partial charge in [-0.3, -0.25) is 9.52 Å². The summed E-state index contributed by atoms with van der Waals surface area (Å²) in [6, 6.07) is 8.50. The molecule has 1 aliphatic heterocycles. The predicted octanol–water partition coefficient (Wildman–Crippen LogP) is 4.08. The van der Waals surface area contributed by atoms with Crippen molar-refractivity contribution in [1.82, 2.24) is 9.55 Å². The molecule has 0 saturated carbocycles. The molecule has 1 aliphatic rings. The number of amides is 1. The highest BCUT2D eigenvalue weighted by Gasteiger charge is 2.27. The molecule has 40 heavy (non-hydrogen) atoms. The molecule has 4 rings (SSSR count). The van der Waals surface area contributed by atoms with Gasteiger partial charge >= 0.3 is 0 Å². The molecule has 1 aromatic heterocycles. The molecule has 0 bridgehead atoms. The Morgan fingerprint density at radius 1 is 1.20 bits per heavy atom. The number of ether oxygens (including phenoxy) is 1. The van der Waals surface area contributed by atoms with E-state index in [2.05, 4.69) is 25.4 Å². The lowest BCUT2D eigenvalue weighted by Crippen LogP contribution is -2.20. The molecule has 0 fully saturated rings. The molecule has 0 radical (unpaired) electrons. The van der Waals surface area contributed by atoms with Gasteiger partial charge in [-0.15, -0.1) is 0 Å². The number of hydrogen-bond donors (Lipinski definition) is 3. The number of aromatic nitrogens is 2. The van der Waals surface area contributed by atoms with Crippen LogP contribution in [0.2, 0.25) is 0 Å². The summed E-state index contributed by atoms with van der Waals surface area (Å²) in [5.74, 6) is 0.343. The molecule has 1 amide bonds. The van der Waals surface area contributed by atoms with Gasteiger partial charge in [0.15, 0.2) is 5.75 Å². The summed E-state index contributed by atoms with van der Waals surface area (Å²) in [6.45, 7) is 8.17. The van der Waals surface area contributed by atoms with Crippen LogP contribution >= 0.6 is 0 Å². The Hall–Kier alpha value is -3.97. The van der Waals surface area contributed by atoms with E-state index in [0.717, 1.165) is 28.8 Å². The van der Waals surface area contributed by atoms with Crippen LogP contribution in [0.1, 0.15) is 59.8 Å². The lowest BCUT2D eigenvalue weighted by molar-refractivity contribution is 0.102. The van der Waals surface area contributed by atoms with E-state index in [0.29, 0.717) is 23.6 Å². The van der Waals surface area contributed by atoms with Gasteiger partial charge in [-0.25, -0.2) is 18.4 Å². The van der Waals surface area contributed by atoms with Crippen LogP contribution in [0.3, 0.4) is 0 Å². The number of nitrogens with zero attached hydrogens (tertiary/aromatic N) is 5. The number of aryl methyl sites for hydroxylation is 1. The fourth-order valence-corrected chi connectivity index (χ4v) is 5.00. The van der Waals surface area contributed by atoms with Crippen molar-refractivity contribution >= 4 is 33.0 Å². The number of imidazole rings is 1. The molecule has 0 aliphatic carbocycles. The Kier molecular flexibility index (Phi) is 7.90. The SMILES string of the molecule is COc1c(NC(=O)c2ccc(C)c(N3CC(c4cnc(CO)n4C)N=N3)c2)cc(C(C)(C)C)cc1NS(C)(=O)=O. The van der Waals surface area contributed by atoms with Crippen LogP contribution < -0.4 is 19.8 Å². The summed E-state index contributed by atoms with van der Waals surface area (Å²) in [5, 5.41) is 22.8. The number of benzene rings is 2. The van der Waals surface area contributed by atoms with Crippen LogP contribution in [-0.2, 0) is 29.1 Å². The number of nitrogens with one attached hydrogen (secondary N) is 2. The molecule has 12 nitrogen and oxygen atoms in total. The highest BCUT2D eigenvalue weighted by Crippen LogP contribution is 2.39. The Morgan fingerprint density at radius 3 is 2.50 bits per heavy atom. The third-order valence-corrected chi connectivity index (χ3v) is 7.29. The van der Waals surface area contributed by atoms with Crippen molar-refractivity contribution in [1.29, 1.82) is 0 Å². The first kappa shape index (κ1) is 29.0. The van der Waals surface area contributed by atoms with E-state index in [-0.39, 0.29) is 29.5 Å². The van der Waals surface area contributed by atoms with Crippen molar-refractivity contribution < 1.29 is 23.1 Å². The van der Waals surface area contributed by atoms with Crippen LogP contribution in [0.5, 0.6) is 5.75 Å². The zero-order valence-corrected chi connectivity index (χ0v) is 24.5. The van der Waals surface area contributed by atoms with Gasteiger partial charge in [-0.1, -0.05) is 32.1 Å². The largest absolute Gasteiger partial charge is 0.492 e. The van der Waals surface area contributed by atoms with Crippen molar-refractivity contribution in [2.24, 2.45) is 17.4 Å². The normalized spacial score (nSPS) is 15.4. The number of methoxy groups -OCH3 is 1. The Morgan fingerprint density at radius 2 is 1.90 bits per heavy atom. The number of aliphatic hydroxyl groups is 1. The number of carbonyl (C=O) groups is 1. The third-order valence-electron chi connectivity index (χ3n) is 6.70. The monoisotopic (exact) mass is 569 g/mol. The minimum absolute atomic E-state index is 0.171. The van der Waals surface area contributed by atoms with Crippen molar-refractivity contribution in [3.05, 3.63) is 64.7 Å². The van der Waals surface area contributed by atoms with E-state index in [1.807, 2.05) is 40.8 Å². The molecule has 1 atom stereocenters. The molecular formula is C27H35N7O5S. The molecule has 3 N–H and O–H groups in total. The fraction of sp³-hybridized carbons (Fsp3) is 0.407. The van der Waals surface area contributed by atoms with Gasteiger partial charge in [-0.05, 0) is 47.7 Å². The molecule has 0 spiro atoms. The van der Waals surface area contributed by atoms with Gasteiger partial charge in [0, 0.05) is 12.6 Å². The zero-order valence-electron chi connectivity index (χ0n) is 23.7. The maximum atomic E-state index is 13.5. The topological polar surface area (TPSA) is 151 Å². The van der Waals surface area contributed by atoms with Gasteiger partial charge in [-0.2, -0.15) is 5.11 Å². The van der Waals surface area contributed by atoms with Crippen molar-refractivity contribution in [2.45, 2.75) is 45.8 Å². The van der Waals surface area contributed by atoms with Crippen LogP contribution in [-0.4, -0.2) is 48.9 Å². The maximum absolute atomic E-state index is 13.5. The molecule has 1 unspecified atom stereocenters. The number of sulfonamides is 1. The second kappa shape index (κ2) is 10.9. The molecule has 3 aromatic rings. The van der Waals surface area contributed by atoms with E-state index in [1.165, 1.54) is 7.11 Å². The predicted molar refractivity (Wildman–Crippen MR) is 153 cm³/mol. The number of anilines is 3. The lowest BCUT2D eigenvalue weighted by atomic mass is 9.86. The standard InChI is InChI=1S/C27H35N7O5S/c1-16-8-9-17(10-22(16)34-14-21(30-32-34)23-13-28-24(15-35)33(23)5)26(36)29-19-11-18(27(2,3)4)12-20(25(19)39-6)31-40(7,37)38/h8-13,21,31,35H,14-15H2,1-7H3,(H,29,36). The summed E-state index contributed by atoms with van der Waals surface area (Å²) in [5.41, 5.74) is 3.88. The Labute approximate surface area is 234 Å². The zero-order chi connectivity index (χ0) is 29.4. The van der Waals surface area contributed by atoms with Crippen LogP contribution in [0.4, 0.5) is 17.1 Å². The summed E-state index contributed by atoms with van der Waals surface area (Å²) in [6.07, 6.45) is 2.74. The summed E-state index contributed by atoms with van der Waals surface area (Å²) >= 11 is 0. The number of hydrogen-bond acceptors (Lipinski definition) is 9. The first-order valence-corrected chi connectivity index (χ1v) is 14.5. The second-order valence-corrected chi connectivity index (χ2v) is 12.6. The van der Waals surface area contributed by atoms with Crippen LogP contribution in [0.25, 0.3) is 0 Å². The minimum Gasteiger partial charge on any atom is -0.492 e. The lowest BCUT2D eigenvalue weighted by Gasteiger charge is -2.24. The van der Waals surface area contributed by atoms with E-state index in [9.17, 15) is 18.3 Å². The Bertz CT molecular complexity index is 1570. The molecule has 2 aromatic carbocycles. The van der Waals surface area contributed by atoms with Gasteiger partial charge < -0.3 is 19.7 Å². The van der Waals surface area contributed by atoms with Crippen LogP contribution in [0.15, 0.2) is 46.9 Å². The van der Waals surface area contributed by atoms with Crippen molar-refractivity contribution in [2.75, 3.05) is 35.0 Å². The summed E-state index contributed by atoms with van der Waals surface area (Å²) in [7, 11) is -0.364. The maximum Gasteiger partial charge on any atom is 0.255 e. The quantitative estimate of drug-likeness (QED) is 0.370. The van der Waals surface area contributed by atoms with Gasteiger partial charge in [0.05, 0.1) is 48.9 Å². The van der Waals surface area contributed by atoms with E-state index >= 15 is 0 Å².